The van der Waals surface area contributed by atoms with Crippen molar-refractivity contribution in [3.8, 4) is 84.2 Å². The van der Waals surface area contributed by atoms with Crippen LogP contribution in [-0.4, -0.2) is 11.6 Å². The predicted molar refractivity (Wildman–Crippen MR) is 496 cm³/mol. The summed E-state index contributed by atoms with van der Waals surface area (Å²) in [6.07, 6.45) is 37.8. The van der Waals surface area contributed by atoms with E-state index in [1.165, 1.54) is 202 Å². The first-order chi connectivity index (χ1) is 55.8. The van der Waals surface area contributed by atoms with Crippen molar-refractivity contribution in [1.29, 1.82) is 21.0 Å². The number of thiophene rings is 8. The molecule has 0 spiro atoms. The largest absolute Gasteiger partial charge is 0.289 e. The number of carbonyl (C=O) groups excluding carboxylic acids is 2. The number of hydrogen-bond donors (Lipinski definition) is 0. The van der Waals surface area contributed by atoms with Crippen molar-refractivity contribution >= 4 is 146 Å². The van der Waals surface area contributed by atoms with Crippen LogP contribution in [0.3, 0.4) is 0 Å². The Morgan fingerprint density at radius 1 is 0.351 bits per heavy atom. The Hall–Kier alpha value is -7.96. The molecule has 0 fully saturated rings. The number of rotatable bonds is 40. The number of nitrogens with zero attached hydrogens (tertiary/aromatic N) is 4. The Morgan fingerprint density at radius 3 is 1.03 bits per heavy atom. The van der Waals surface area contributed by atoms with Gasteiger partial charge in [-0.1, -0.05) is 232 Å². The number of Topliss-reactive ketones (excluding diaryl/α,β-unsaturated/α-hetero) is 2. The lowest BCUT2D eigenvalue weighted by molar-refractivity contribution is 0.103. The second kappa shape index (κ2) is 40.3. The summed E-state index contributed by atoms with van der Waals surface area (Å²) >= 11 is 15.4. The lowest BCUT2D eigenvalue weighted by Crippen LogP contribution is -2.01. The molecule has 0 aliphatic heterocycles. The van der Waals surface area contributed by atoms with E-state index in [0.717, 1.165) is 112 Å². The molecule has 0 N–H and O–H groups in total. The fourth-order valence-corrected chi connectivity index (χ4v) is 27.1. The van der Waals surface area contributed by atoms with Crippen LogP contribution >= 0.6 is 90.7 Å². The lowest BCUT2D eigenvalue weighted by atomic mass is 9.95. The molecule has 6 nitrogen and oxygen atoms in total. The van der Waals surface area contributed by atoms with E-state index >= 15 is 0 Å². The average molecular weight is 1650 g/mol. The van der Waals surface area contributed by atoms with Gasteiger partial charge in [0.15, 0.2) is 11.6 Å². The average Bonchev–Trinajstić information content (AvgIpc) is 1.42. The van der Waals surface area contributed by atoms with E-state index < -0.39 is 0 Å². The summed E-state index contributed by atoms with van der Waals surface area (Å²) in [4.78, 5) is 46.7. The molecule has 8 heterocycles. The van der Waals surface area contributed by atoms with Gasteiger partial charge < -0.3 is 0 Å². The van der Waals surface area contributed by atoms with Crippen LogP contribution in [0.15, 0.2) is 131 Å². The Bertz CT molecular complexity index is 5170. The summed E-state index contributed by atoms with van der Waals surface area (Å²) in [5, 5.41) is 44.1. The quantitative estimate of drug-likeness (QED) is 0.0214. The molecule has 13 rings (SSSR count). The summed E-state index contributed by atoms with van der Waals surface area (Å²) in [7, 11) is 0. The van der Waals surface area contributed by atoms with E-state index in [1.807, 2.05) is 129 Å². The third kappa shape index (κ3) is 18.5. The molecule has 2 unspecified atom stereocenters. The van der Waals surface area contributed by atoms with Gasteiger partial charge in [-0.15, -0.1) is 90.7 Å². The molecular weight excluding hydrogens is 1550 g/mol. The van der Waals surface area contributed by atoms with E-state index in [2.05, 4.69) is 140 Å². The third-order valence-electron chi connectivity index (χ3n) is 23.1. The number of carbonyl (C=O) groups is 2. The van der Waals surface area contributed by atoms with Gasteiger partial charge in [0.25, 0.3) is 0 Å². The monoisotopic (exact) mass is 1650 g/mol. The van der Waals surface area contributed by atoms with Gasteiger partial charge in [-0.25, -0.2) is 0 Å². The molecule has 2 aliphatic rings. The summed E-state index contributed by atoms with van der Waals surface area (Å²) in [5.41, 5.74) is 12.0. The fraction of sp³-hybridized carbons (Fsp3) is 0.400. The van der Waals surface area contributed by atoms with Crippen molar-refractivity contribution in [3.05, 3.63) is 196 Å². The molecule has 586 valence electrons. The van der Waals surface area contributed by atoms with Crippen molar-refractivity contribution in [2.24, 2.45) is 11.8 Å². The number of aryl methyl sites for hydroxylation is 4. The molecular formula is C100H106N4O2S8. The maximum Gasteiger partial charge on any atom is 0.194 e. The Morgan fingerprint density at radius 2 is 0.684 bits per heavy atom. The summed E-state index contributed by atoms with van der Waals surface area (Å²) in [6, 6.07) is 48.1. The first-order valence-corrected chi connectivity index (χ1v) is 48.9. The van der Waals surface area contributed by atoms with Gasteiger partial charge in [0.05, 0.1) is 0 Å². The summed E-state index contributed by atoms with van der Waals surface area (Å²) in [6.45, 7) is 18.5. The highest BCUT2D eigenvalue weighted by Gasteiger charge is 2.36. The first-order valence-electron chi connectivity index (χ1n) is 42.4. The van der Waals surface area contributed by atoms with Crippen molar-refractivity contribution in [1.82, 2.24) is 0 Å². The maximum atomic E-state index is 14.5. The number of unbranched alkanes of at least 4 members (excludes halogenated alkanes) is 14. The molecule has 0 saturated heterocycles. The number of ketones is 2. The van der Waals surface area contributed by atoms with Gasteiger partial charge in [0.2, 0.25) is 0 Å². The molecule has 2 atom stereocenters. The van der Waals surface area contributed by atoms with E-state index in [-0.39, 0.29) is 22.7 Å². The highest BCUT2D eigenvalue weighted by Crippen LogP contribution is 2.58. The van der Waals surface area contributed by atoms with E-state index in [1.54, 1.807) is 22.7 Å². The fourth-order valence-electron chi connectivity index (χ4n) is 16.8. The molecule has 8 aromatic heterocycles. The second-order valence-corrected chi connectivity index (χ2v) is 39.9. The molecule has 0 saturated carbocycles. The van der Waals surface area contributed by atoms with E-state index in [0.29, 0.717) is 56.4 Å². The highest BCUT2D eigenvalue weighted by atomic mass is 32.1. The first kappa shape index (κ1) is 84.0. The van der Waals surface area contributed by atoms with Crippen LogP contribution in [0.5, 0.6) is 0 Å². The molecule has 2 aliphatic carbocycles. The van der Waals surface area contributed by atoms with Crippen molar-refractivity contribution < 1.29 is 9.59 Å². The number of fused-ring (bicyclic) bond motifs is 4. The summed E-state index contributed by atoms with van der Waals surface area (Å²) < 4.78 is 2.69. The molecule has 0 radical (unpaired) electrons. The molecule has 114 heavy (non-hydrogen) atoms. The zero-order chi connectivity index (χ0) is 79.8. The number of benzene rings is 3. The van der Waals surface area contributed by atoms with Gasteiger partial charge in [-0.3, -0.25) is 9.59 Å². The smallest absolute Gasteiger partial charge is 0.194 e. The van der Waals surface area contributed by atoms with Crippen molar-refractivity contribution in [3.63, 3.8) is 0 Å². The minimum absolute atomic E-state index is 0.0438. The van der Waals surface area contributed by atoms with Crippen LogP contribution in [0, 0.1) is 57.2 Å². The standard InChI is InChI=1S/C100H106N4O2S8/c1-9-17-23-27-37-65-51-73(55-79-89(69(59-101)60-102)75-41-31-33-43-77(75)93(79)105)109-95(65)85-53-67(39-29-25-19-11-3)97(111-85)87-57-81-91(83-47-45-71(107-83)49-63(15-7)35-21-13-5)100-82(92(99(81)113-87)84-48-46-72(108-84)50-64(16-8)36-22-14-6)58-88(114-100)98-68(40-30-26-20-12-4)54-86(112-98)96-66(38-28-24-18-10-2)52-74(110-96)56-80-90(70(61-103)62-104)76-42-32-34-44-78(76)94(80)106/h31-34,41-48,51-58,63-64H,9-30,35-40,49-50H2,1-8H3/b79-55-,80-56-. The van der Waals surface area contributed by atoms with Crippen LogP contribution in [0.4, 0.5) is 0 Å². The summed E-state index contributed by atoms with van der Waals surface area (Å²) in [5.74, 6) is 0.955. The van der Waals surface area contributed by atoms with Crippen LogP contribution < -0.4 is 0 Å². The third-order valence-corrected chi connectivity index (χ3v) is 33.0. The minimum Gasteiger partial charge on any atom is -0.289 e. The van der Waals surface area contributed by atoms with E-state index in [9.17, 15) is 30.6 Å². The van der Waals surface area contributed by atoms with Crippen LogP contribution in [0.2, 0.25) is 0 Å². The van der Waals surface area contributed by atoms with Crippen LogP contribution in [0.25, 0.3) is 103 Å². The van der Waals surface area contributed by atoms with Gasteiger partial charge in [-0.05, 0) is 182 Å². The minimum atomic E-state index is -0.151. The zero-order valence-corrected chi connectivity index (χ0v) is 74.3. The molecule has 0 bridgehead atoms. The zero-order valence-electron chi connectivity index (χ0n) is 67.8. The highest BCUT2D eigenvalue weighted by molar-refractivity contribution is 7.31. The van der Waals surface area contributed by atoms with Gasteiger partial charge >= 0.3 is 0 Å². The van der Waals surface area contributed by atoms with E-state index in [4.69, 9.17) is 0 Å². The Balaban J connectivity index is 1.03. The van der Waals surface area contributed by atoms with Crippen molar-refractivity contribution in [2.45, 2.75) is 248 Å². The van der Waals surface area contributed by atoms with Gasteiger partial charge in [-0.2, -0.15) is 21.0 Å². The lowest BCUT2D eigenvalue weighted by Gasteiger charge is -2.13. The number of hydrogen-bond acceptors (Lipinski definition) is 14. The van der Waals surface area contributed by atoms with Crippen LogP contribution in [-0.2, 0) is 38.5 Å². The predicted octanol–water partition coefficient (Wildman–Crippen LogP) is 32.7. The Kier molecular flexibility index (Phi) is 29.7. The Labute approximate surface area is 709 Å². The maximum absolute atomic E-state index is 14.5. The van der Waals surface area contributed by atoms with Crippen molar-refractivity contribution in [2.75, 3.05) is 0 Å². The van der Waals surface area contributed by atoms with Gasteiger partial charge in [0, 0.05) is 133 Å². The number of nitriles is 4. The number of allylic oxidation sites excluding steroid dienone is 6. The van der Waals surface area contributed by atoms with Gasteiger partial charge in [0.1, 0.15) is 35.4 Å². The topological polar surface area (TPSA) is 129 Å². The SMILES string of the molecule is CCCCCCc1cc(/C=C2\C(=O)c3ccccc3C2=C(C#N)C#N)sc1-c1cc(CCCCCC)c(-c2cc3c(-c4ccc(CC(CC)CCCC)s4)c4sc(-c5sc(-c6sc(/C=C7\C(=O)c8ccccc8C7=C(C#N)C#N)cc6CCCCCC)cc5CCCCCC)cc4c(-c4ccc(CC(CC)CCCC)s4)c3s2)s1. The molecule has 3 aromatic carbocycles. The molecule has 11 aromatic rings. The molecule has 14 heteroatoms. The normalized spacial score (nSPS) is 13.9. The molecule has 0 amide bonds. The second-order valence-electron chi connectivity index (χ2n) is 31.2. The van der Waals surface area contributed by atoms with Crippen LogP contribution in [0.1, 0.15) is 283 Å².